The molecule has 6 nitrogen and oxygen atoms in total. The van der Waals surface area contributed by atoms with Crippen molar-refractivity contribution in [3.8, 4) is 0 Å². The molecule has 2 aromatic rings. The molecule has 1 amide bonds. The minimum absolute atomic E-state index is 0.00747. The summed E-state index contributed by atoms with van der Waals surface area (Å²) in [5.41, 5.74) is -0.761. The van der Waals surface area contributed by atoms with Gasteiger partial charge in [-0.3, -0.25) is 14.0 Å². The number of carboxylic acid groups (broad SMARTS) is 1. The average Bonchev–Trinajstić information content (AvgIpc) is 2.90. The number of carbonyl (C=O) groups is 2. The number of likely N-dealkylation sites (tertiary alicyclic amines) is 1. The molecule has 0 spiro atoms. The number of aliphatic carboxylic acids is 1. The fourth-order valence-electron chi connectivity index (χ4n) is 3.14. The third-order valence-electron chi connectivity index (χ3n) is 4.44. The molecule has 0 saturated carbocycles. The monoisotopic (exact) mass is 389 g/mol. The Morgan fingerprint density at radius 3 is 2.69 bits per heavy atom. The number of aryl methyl sites for hydroxylation is 1. The molecule has 1 atom stereocenters. The van der Waals surface area contributed by atoms with Crippen LogP contribution in [0.2, 0.25) is 5.02 Å². The molecule has 140 valence electrons. The number of hydrogen-bond donors (Lipinski definition) is 1. The quantitative estimate of drug-likeness (QED) is 0.855. The molecule has 10 heteroatoms. The van der Waals surface area contributed by atoms with E-state index in [1.807, 2.05) is 0 Å². The van der Waals surface area contributed by atoms with E-state index >= 15 is 0 Å². The van der Waals surface area contributed by atoms with Crippen molar-refractivity contribution in [3.05, 3.63) is 34.2 Å². The zero-order valence-corrected chi connectivity index (χ0v) is 14.4. The first-order chi connectivity index (χ1) is 12.1. The van der Waals surface area contributed by atoms with Gasteiger partial charge in [-0.1, -0.05) is 11.6 Å². The number of nitrogens with zero attached hydrogens (tertiary/aromatic N) is 3. The van der Waals surface area contributed by atoms with Gasteiger partial charge in [0.25, 0.3) is 5.91 Å². The van der Waals surface area contributed by atoms with Gasteiger partial charge < -0.3 is 10.0 Å². The predicted octanol–water partition coefficient (Wildman–Crippen LogP) is 3.25. The van der Waals surface area contributed by atoms with Crippen LogP contribution in [0.1, 0.15) is 34.6 Å². The normalized spacial score (nSPS) is 18.3. The van der Waals surface area contributed by atoms with Crippen LogP contribution in [-0.2, 0) is 11.0 Å². The molecule has 3 heterocycles. The molecule has 0 aromatic carbocycles. The van der Waals surface area contributed by atoms with Crippen molar-refractivity contribution in [1.82, 2.24) is 14.3 Å². The van der Waals surface area contributed by atoms with Gasteiger partial charge >= 0.3 is 12.1 Å². The van der Waals surface area contributed by atoms with Gasteiger partial charge in [-0.25, -0.2) is 4.98 Å². The van der Waals surface area contributed by atoms with Crippen LogP contribution in [0.3, 0.4) is 0 Å². The van der Waals surface area contributed by atoms with E-state index in [2.05, 4.69) is 4.98 Å². The van der Waals surface area contributed by atoms with Crippen molar-refractivity contribution in [1.29, 1.82) is 0 Å². The van der Waals surface area contributed by atoms with E-state index in [1.54, 1.807) is 0 Å². The average molecular weight is 390 g/mol. The molecule has 1 fully saturated rings. The highest BCUT2D eigenvalue weighted by Crippen LogP contribution is 2.33. The standard InChI is InChI=1S/C16H15ClF3N3O3/c1-8-12(14(24)22-4-2-3-9(6-22)15(25)26)23-7-10(16(18,19)20)5-11(17)13(23)21-8/h5,7,9H,2-4,6H2,1H3,(H,25,26). The summed E-state index contributed by atoms with van der Waals surface area (Å²) in [6.45, 7) is 1.85. The molecule has 1 aliphatic rings. The van der Waals surface area contributed by atoms with Crippen molar-refractivity contribution in [2.75, 3.05) is 13.1 Å². The number of alkyl halides is 3. The number of amides is 1. The van der Waals surface area contributed by atoms with E-state index in [9.17, 15) is 22.8 Å². The number of halogens is 4. The molecule has 0 radical (unpaired) electrons. The Morgan fingerprint density at radius 2 is 2.08 bits per heavy atom. The third-order valence-corrected chi connectivity index (χ3v) is 4.72. The Hall–Kier alpha value is -2.29. The molecule has 1 unspecified atom stereocenters. The zero-order chi connectivity index (χ0) is 19.2. The molecule has 2 aromatic heterocycles. The van der Waals surface area contributed by atoms with Crippen molar-refractivity contribution in [2.24, 2.45) is 5.92 Å². The summed E-state index contributed by atoms with van der Waals surface area (Å²) in [5, 5.41) is 8.94. The van der Waals surface area contributed by atoms with Crippen LogP contribution in [0, 0.1) is 12.8 Å². The SMILES string of the molecule is Cc1nc2c(Cl)cc(C(F)(F)F)cn2c1C(=O)N1CCCC(C(=O)O)C1. The van der Waals surface area contributed by atoms with Gasteiger partial charge in [-0.2, -0.15) is 13.2 Å². The highest BCUT2D eigenvalue weighted by atomic mass is 35.5. The van der Waals surface area contributed by atoms with Crippen LogP contribution in [0.15, 0.2) is 12.3 Å². The van der Waals surface area contributed by atoms with Crippen molar-refractivity contribution >= 4 is 29.1 Å². The maximum absolute atomic E-state index is 13.1. The summed E-state index contributed by atoms with van der Waals surface area (Å²) in [4.78, 5) is 29.5. The number of hydrogen-bond acceptors (Lipinski definition) is 3. The second-order valence-corrected chi connectivity index (χ2v) is 6.65. The molecule has 0 aliphatic carbocycles. The van der Waals surface area contributed by atoms with Crippen LogP contribution in [0.5, 0.6) is 0 Å². The predicted molar refractivity (Wildman–Crippen MR) is 86.2 cm³/mol. The summed E-state index contributed by atoms with van der Waals surface area (Å²) in [6, 6.07) is 0.763. The van der Waals surface area contributed by atoms with E-state index in [-0.39, 0.29) is 28.6 Å². The number of imidazole rings is 1. The molecular formula is C16H15ClF3N3O3. The minimum atomic E-state index is -4.63. The number of aromatic nitrogens is 2. The van der Waals surface area contributed by atoms with Crippen molar-refractivity contribution < 1.29 is 27.9 Å². The maximum atomic E-state index is 13.1. The van der Waals surface area contributed by atoms with Crippen LogP contribution < -0.4 is 0 Å². The molecule has 26 heavy (non-hydrogen) atoms. The summed E-state index contributed by atoms with van der Waals surface area (Å²) >= 11 is 5.92. The van der Waals surface area contributed by atoms with Crippen molar-refractivity contribution in [2.45, 2.75) is 25.9 Å². The smallest absolute Gasteiger partial charge is 0.417 e. The Bertz CT molecular complexity index is 894. The fourth-order valence-corrected chi connectivity index (χ4v) is 3.39. The first-order valence-corrected chi connectivity index (χ1v) is 8.25. The highest BCUT2D eigenvalue weighted by Gasteiger charge is 2.34. The van der Waals surface area contributed by atoms with E-state index in [0.29, 0.717) is 19.4 Å². The third kappa shape index (κ3) is 3.23. The van der Waals surface area contributed by atoms with Gasteiger partial charge in [0.1, 0.15) is 5.69 Å². The van der Waals surface area contributed by atoms with E-state index < -0.39 is 29.5 Å². The highest BCUT2D eigenvalue weighted by molar-refractivity contribution is 6.33. The zero-order valence-electron chi connectivity index (χ0n) is 13.7. The van der Waals surface area contributed by atoms with Crippen LogP contribution in [0.4, 0.5) is 13.2 Å². The second kappa shape index (κ2) is 6.46. The molecular weight excluding hydrogens is 375 g/mol. The summed E-state index contributed by atoms with van der Waals surface area (Å²) < 4.78 is 40.3. The Kier molecular flexibility index (Phi) is 4.60. The number of pyridine rings is 1. The summed E-state index contributed by atoms with van der Waals surface area (Å²) in [6.07, 6.45) is -2.88. The molecule has 1 N–H and O–H groups in total. The van der Waals surface area contributed by atoms with E-state index in [4.69, 9.17) is 16.7 Å². The van der Waals surface area contributed by atoms with Crippen molar-refractivity contribution in [3.63, 3.8) is 0 Å². The van der Waals surface area contributed by atoms with Gasteiger partial charge in [0.2, 0.25) is 0 Å². The maximum Gasteiger partial charge on any atom is 0.417 e. The minimum Gasteiger partial charge on any atom is -0.481 e. The number of piperidine rings is 1. The van der Waals surface area contributed by atoms with Gasteiger partial charge in [0.15, 0.2) is 5.65 Å². The first kappa shape index (κ1) is 18.5. The molecule has 0 bridgehead atoms. The lowest BCUT2D eigenvalue weighted by Gasteiger charge is -2.30. The lowest BCUT2D eigenvalue weighted by Crippen LogP contribution is -2.42. The lowest BCUT2D eigenvalue weighted by molar-refractivity contribution is -0.143. The van der Waals surface area contributed by atoms with Crippen LogP contribution in [-0.4, -0.2) is 44.4 Å². The van der Waals surface area contributed by atoms with Crippen LogP contribution >= 0.6 is 11.6 Å². The van der Waals surface area contributed by atoms with E-state index in [1.165, 1.54) is 11.8 Å². The Morgan fingerprint density at radius 1 is 1.38 bits per heavy atom. The summed E-state index contributed by atoms with van der Waals surface area (Å²) in [7, 11) is 0. The Labute approximate surface area is 151 Å². The Balaban J connectivity index is 2.06. The second-order valence-electron chi connectivity index (χ2n) is 6.24. The van der Waals surface area contributed by atoms with E-state index in [0.717, 1.165) is 16.7 Å². The first-order valence-electron chi connectivity index (χ1n) is 7.87. The summed E-state index contributed by atoms with van der Waals surface area (Å²) in [5.74, 6) is -2.25. The van der Waals surface area contributed by atoms with Gasteiger partial charge in [0, 0.05) is 19.3 Å². The number of fused-ring (bicyclic) bond motifs is 1. The number of rotatable bonds is 2. The van der Waals surface area contributed by atoms with Gasteiger partial charge in [-0.15, -0.1) is 0 Å². The fraction of sp³-hybridized carbons (Fsp3) is 0.438. The number of carbonyl (C=O) groups excluding carboxylic acids is 1. The van der Waals surface area contributed by atoms with Crippen LogP contribution in [0.25, 0.3) is 5.65 Å². The lowest BCUT2D eigenvalue weighted by atomic mass is 9.98. The van der Waals surface area contributed by atoms with Gasteiger partial charge in [-0.05, 0) is 25.8 Å². The molecule has 3 rings (SSSR count). The van der Waals surface area contributed by atoms with Gasteiger partial charge in [0.05, 0.1) is 22.2 Å². The topological polar surface area (TPSA) is 74.9 Å². The molecule has 1 aliphatic heterocycles. The molecule has 1 saturated heterocycles. The number of carboxylic acids is 1. The largest absolute Gasteiger partial charge is 0.481 e.